The molecule has 0 spiro atoms. The molecule has 0 aliphatic carbocycles. The first kappa shape index (κ1) is 19.3. The number of aromatic nitrogens is 3. The van der Waals surface area contributed by atoms with E-state index in [1.54, 1.807) is 31.2 Å². The van der Waals surface area contributed by atoms with E-state index in [1.807, 2.05) is 0 Å². The van der Waals surface area contributed by atoms with Gasteiger partial charge in [0.15, 0.2) is 5.82 Å². The van der Waals surface area contributed by atoms with Gasteiger partial charge in [0, 0.05) is 43.9 Å². The van der Waals surface area contributed by atoms with Gasteiger partial charge >= 0.3 is 6.18 Å². The molecule has 7 nitrogen and oxygen atoms in total. The highest BCUT2D eigenvalue weighted by atomic mass is 19.4. The SMILES string of the molecule is Cc1nc(-c2ccc(C(=O)NCC(N3CCNCC3)C(F)(F)F)cc2)n[nH]1. The number of piperazine rings is 1. The molecule has 10 heteroatoms. The quantitative estimate of drug-likeness (QED) is 0.727. The van der Waals surface area contributed by atoms with Gasteiger partial charge in [-0.15, -0.1) is 0 Å². The number of rotatable bonds is 5. The fourth-order valence-corrected chi connectivity index (χ4v) is 2.98. The standard InChI is InChI=1S/C17H21F3N6O/c1-11-23-15(25-24-11)12-2-4-13(5-3-12)16(27)22-10-14(17(18,19)20)26-8-6-21-7-9-26/h2-5,14,21H,6-10H2,1H3,(H,22,27)(H,23,24,25). The van der Waals surface area contributed by atoms with Crippen LogP contribution in [0.3, 0.4) is 0 Å². The molecule has 1 unspecified atom stereocenters. The van der Waals surface area contributed by atoms with Crippen LogP contribution in [0.1, 0.15) is 16.2 Å². The number of aromatic amines is 1. The van der Waals surface area contributed by atoms with Crippen LogP contribution in [0.25, 0.3) is 11.4 Å². The number of hydrogen-bond acceptors (Lipinski definition) is 5. The van der Waals surface area contributed by atoms with E-state index in [0.29, 0.717) is 43.4 Å². The molecular formula is C17H21F3N6O. The molecule has 1 amide bonds. The van der Waals surface area contributed by atoms with Crippen molar-refractivity contribution in [2.75, 3.05) is 32.7 Å². The maximum atomic E-state index is 13.4. The lowest BCUT2D eigenvalue weighted by Crippen LogP contribution is -2.57. The largest absolute Gasteiger partial charge is 0.405 e. The van der Waals surface area contributed by atoms with E-state index in [1.165, 1.54) is 4.90 Å². The van der Waals surface area contributed by atoms with Crippen LogP contribution in [0.4, 0.5) is 13.2 Å². The van der Waals surface area contributed by atoms with Crippen LogP contribution in [0.5, 0.6) is 0 Å². The highest BCUT2D eigenvalue weighted by Crippen LogP contribution is 2.25. The van der Waals surface area contributed by atoms with Crippen molar-refractivity contribution in [2.24, 2.45) is 0 Å². The number of amides is 1. The van der Waals surface area contributed by atoms with Crippen LogP contribution >= 0.6 is 0 Å². The van der Waals surface area contributed by atoms with Gasteiger partial charge < -0.3 is 10.6 Å². The Morgan fingerprint density at radius 3 is 2.48 bits per heavy atom. The van der Waals surface area contributed by atoms with E-state index < -0.39 is 24.7 Å². The first-order valence-corrected chi connectivity index (χ1v) is 8.64. The van der Waals surface area contributed by atoms with Crippen LogP contribution in [0.2, 0.25) is 0 Å². The fraction of sp³-hybridized carbons (Fsp3) is 0.471. The lowest BCUT2D eigenvalue weighted by Gasteiger charge is -2.35. The summed E-state index contributed by atoms with van der Waals surface area (Å²) in [6.45, 7) is 2.89. The van der Waals surface area contributed by atoms with E-state index >= 15 is 0 Å². The Morgan fingerprint density at radius 2 is 1.93 bits per heavy atom. The van der Waals surface area contributed by atoms with Gasteiger partial charge in [-0.3, -0.25) is 14.8 Å². The van der Waals surface area contributed by atoms with Crippen molar-refractivity contribution < 1.29 is 18.0 Å². The Balaban J connectivity index is 1.63. The number of alkyl halides is 3. The predicted molar refractivity (Wildman–Crippen MR) is 93.2 cm³/mol. The minimum Gasteiger partial charge on any atom is -0.350 e. The Morgan fingerprint density at radius 1 is 1.26 bits per heavy atom. The lowest BCUT2D eigenvalue weighted by molar-refractivity contribution is -0.183. The highest BCUT2D eigenvalue weighted by Gasteiger charge is 2.43. The number of halogens is 3. The van der Waals surface area contributed by atoms with Crippen LogP contribution in [-0.4, -0.2) is 70.9 Å². The molecule has 0 saturated carbocycles. The molecule has 1 aliphatic heterocycles. The molecule has 2 aromatic rings. The first-order chi connectivity index (χ1) is 12.8. The molecule has 2 heterocycles. The number of nitrogens with zero attached hydrogens (tertiary/aromatic N) is 3. The summed E-state index contributed by atoms with van der Waals surface area (Å²) in [5.74, 6) is 0.616. The molecule has 27 heavy (non-hydrogen) atoms. The van der Waals surface area contributed by atoms with E-state index in [4.69, 9.17) is 0 Å². The molecule has 1 aliphatic rings. The number of H-pyrrole nitrogens is 1. The summed E-state index contributed by atoms with van der Waals surface area (Å²) in [6, 6.07) is 4.72. The third-order valence-electron chi connectivity index (χ3n) is 4.43. The third-order valence-corrected chi connectivity index (χ3v) is 4.43. The number of nitrogens with one attached hydrogen (secondary N) is 3. The summed E-state index contributed by atoms with van der Waals surface area (Å²) >= 11 is 0. The zero-order valence-electron chi connectivity index (χ0n) is 14.8. The normalized spacial score (nSPS) is 16.9. The molecule has 3 rings (SSSR count). The summed E-state index contributed by atoms with van der Waals surface area (Å²) in [6.07, 6.45) is -4.40. The van der Waals surface area contributed by atoms with E-state index in [-0.39, 0.29) is 5.56 Å². The predicted octanol–water partition coefficient (Wildman–Crippen LogP) is 1.35. The van der Waals surface area contributed by atoms with Crippen LogP contribution < -0.4 is 10.6 Å². The summed E-state index contributed by atoms with van der Waals surface area (Å²) in [4.78, 5) is 17.8. The minimum atomic E-state index is -4.40. The van der Waals surface area contributed by atoms with Gasteiger partial charge in [-0.05, 0) is 19.1 Å². The number of hydrogen-bond donors (Lipinski definition) is 3. The molecule has 3 N–H and O–H groups in total. The number of benzene rings is 1. The molecule has 1 aromatic heterocycles. The summed E-state index contributed by atoms with van der Waals surface area (Å²) < 4.78 is 40.1. The zero-order chi connectivity index (χ0) is 19.4. The van der Waals surface area contributed by atoms with Gasteiger partial charge in [0.25, 0.3) is 5.91 Å². The number of carbonyl (C=O) groups excluding carboxylic acids is 1. The third kappa shape index (κ3) is 4.83. The zero-order valence-corrected chi connectivity index (χ0v) is 14.8. The van der Waals surface area contributed by atoms with Crippen molar-refractivity contribution in [3.63, 3.8) is 0 Å². The number of carbonyl (C=O) groups is 1. The molecular weight excluding hydrogens is 361 g/mol. The summed E-state index contributed by atoms with van der Waals surface area (Å²) in [7, 11) is 0. The Bertz CT molecular complexity index is 768. The van der Waals surface area contributed by atoms with Gasteiger partial charge in [-0.2, -0.15) is 18.3 Å². The maximum Gasteiger partial charge on any atom is 0.405 e. The number of aryl methyl sites for hydroxylation is 1. The second kappa shape index (κ2) is 8.05. The van der Waals surface area contributed by atoms with E-state index in [2.05, 4.69) is 25.8 Å². The van der Waals surface area contributed by atoms with Crippen molar-refractivity contribution in [3.05, 3.63) is 35.7 Å². The van der Waals surface area contributed by atoms with E-state index in [9.17, 15) is 18.0 Å². The Labute approximate surface area is 154 Å². The van der Waals surface area contributed by atoms with Crippen molar-refractivity contribution >= 4 is 5.91 Å². The molecule has 0 radical (unpaired) electrons. The average Bonchev–Trinajstić information content (AvgIpc) is 3.08. The van der Waals surface area contributed by atoms with Gasteiger partial charge in [-0.1, -0.05) is 12.1 Å². The van der Waals surface area contributed by atoms with Crippen molar-refractivity contribution in [1.82, 2.24) is 30.7 Å². The second-order valence-corrected chi connectivity index (χ2v) is 6.38. The lowest BCUT2D eigenvalue weighted by atomic mass is 10.1. The molecule has 146 valence electrons. The first-order valence-electron chi connectivity index (χ1n) is 8.64. The van der Waals surface area contributed by atoms with Gasteiger partial charge in [0.1, 0.15) is 11.9 Å². The van der Waals surface area contributed by atoms with Crippen molar-refractivity contribution in [3.8, 4) is 11.4 Å². The van der Waals surface area contributed by atoms with Crippen LogP contribution in [0.15, 0.2) is 24.3 Å². The topological polar surface area (TPSA) is 85.9 Å². The van der Waals surface area contributed by atoms with Crippen LogP contribution in [0, 0.1) is 6.92 Å². The van der Waals surface area contributed by atoms with Gasteiger partial charge in [0.05, 0.1) is 0 Å². The van der Waals surface area contributed by atoms with Crippen LogP contribution in [-0.2, 0) is 0 Å². The second-order valence-electron chi connectivity index (χ2n) is 6.38. The maximum absolute atomic E-state index is 13.4. The summed E-state index contributed by atoms with van der Waals surface area (Å²) in [5, 5.41) is 12.2. The Kier molecular flexibility index (Phi) is 5.76. The Hall–Kier alpha value is -2.46. The van der Waals surface area contributed by atoms with Gasteiger partial charge in [0.2, 0.25) is 0 Å². The average molecular weight is 382 g/mol. The smallest absolute Gasteiger partial charge is 0.350 e. The monoisotopic (exact) mass is 382 g/mol. The highest BCUT2D eigenvalue weighted by molar-refractivity contribution is 5.94. The molecule has 1 aromatic carbocycles. The molecule has 1 saturated heterocycles. The minimum absolute atomic E-state index is 0.284. The van der Waals surface area contributed by atoms with Crippen molar-refractivity contribution in [2.45, 2.75) is 19.1 Å². The van der Waals surface area contributed by atoms with E-state index in [0.717, 1.165) is 0 Å². The molecule has 1 atom stereocenters. The molecule has 0 bridgehead atoms. The van der Waals surface area contributed by atoms with Gasteiger partial charge in [-0.25, -0.2) is 4.98 Å². The fourth-order valence-electron chi connectivity index (χ4n) is 2.98. The summed E-state index contributed by atoms with van der Waals surface area (Å²) in [5.41, 5.74) is 0.997. The molecule has 1 fully saturated rings. The van der Waals surface area contributed by atoms with Crippen molar-refractivity contribution in [1.29, 1.82) is 0 Å².